The van der Waals surface area contributed by atoms with Gasteiger partial charge in [0.05, 0.1) is 5.92 Å². The number of likely N-dealkylation sites (tertiary alicyclic amines) is 1. The fourth-order valence-electron chi connectivity index (χ4n) is 4.07. The molecule has 1 aromatic rings. The molecule has 2 aliphatic rings. The number of aryl methyl sites for hydroxylation is 1. The van der Waals surface area contributed by atoms with E-state index in [4.69, 9.17) is 4.74 Å². The van der Waals surface area contributed by atoms with Gasteiger partial charge in [-0.05, 0) is 50.9 Å². The maximum absolute atomic E-state index is 12.9. The molecule has 1 aromatic carbocycles. The van der Waals surface area contributed by atoms with Crippen LogP contribution in [-0.2, 0) is 9.59 Å². The maximum Gasteiger partial charge on any atom is 0.258 e. The summed E-state index contributed by atoms with van der Waals surface area (Å²) in [6.45, 7) is 7.28. The highest BCUT2D eigenvalue weighted by atomic mass is 32.2. The van der Waals surface area contributed by atoms with Gasteiger partial charge in [0.1, 0.15) is 5.75 Å². The van der Waals surface area contributed by atoms with Gasteiger partial charge in [-0.2, -0.15) is 11.8 Å². The van der Waals surface area contributed by atoms with Crippen LogP contribution in [0.5, 0.6) is 5.75 Å². The lowest BCUT2D eigenvalue weighted by Crippen LogP contribution is -2.44. The van der Waals surface area contributed by atoms with Crippen LogP contribution in [0.3, 0.4) is 0 Å². The monoisotopic (exact) mass is 419 g/mol. The summed E-state index contributed by atoms with van der Waals surface area (Å²) in [4.78, 5) is 29.5. The van der Waals surface area contributed by atoms with E-state index in [-0.39, 0.29) is 30.4 Å². The van der Waals surface area contributed by atoms with Crippen molar-refractivity contribution in [3.8, 4) is 5.75 Å². The van der Waals surface area contributed by atoms with Gasteiger partial charge in [-0.3, -0.25) is 9.59 Å². The number of hydrogen-bond acceptors (Lipinski definition) is 5. The SMILES string of the molecule is Cc1cccc(OCC(=O)N[C@H]2CC[C@@H](C(=O)N3CCSCC3)CN(C)C2)c1C. The van der Waals surface area contributed by atoms with Crippen LogP contribution in [0.2, 0.25) is 0 Å². The lowest BCUT2D eigenvalue weighted by atomic mass is 10.00. The lowest BCUT2D eigenvalue weighted by molar-refractivity contribution is -0.135. The first-order valence-corrected chi connectivity index (χ1v) is 11.6. The number of nitrogens with one attached hydrogen (secondary N) is 1. The molecule has 0 bridgehead atoms. The molecule has 29 heavy (non-hydrogen) atoms. The molecule has 7 heteroatoms. The van der Waals surface area contributed by atoms with Gasteiger partial charge in [-0.1, -0.05) is 12.1 Å². The van der Waals surface area contributed by atoms with Crippen LogP contribution in [0.1, 0.15) is 24.0 Å². The molecular weight excluding hydrogens is 386 g/mol. The standard InChI is InChI=1S/C22H33N3O3S/c1-16-5-4-6-20(17(16)2)28-15-21(26)23-19-8-7-18(13-24(3)14-19)22(27)25-9-11-29-12-10-25/h4-6,18-19H,7-15H2,1-3H3,(H,23,26)/t18-,19+/m1/s1. The number of benzene rings is 1. The number of rotatable bonds is 5. The Morgan fingerprint density at radius 1 is 1.17 bits per heavy atom. The van der Waals surface area contributed by atoms with Crippen LogP contribution in [0.25, 0.3) is 0 Å². The molecule has 6 nitrogen and oxygen atoms in total. The Morgan fingerprint density at radius 3 is 2.69 bits per heavy atom. The molecule has 3 rings (SSSR count). The van der Waals surface area contributed by atoms with Crippen molar-refractivity contribution in [1.82, 2.24) is 15.1 Å². The van der Waals surface area contributed by atoms with Crippen molar-refractivity contribution in [1.29, 1.82) is 0 Å². The number of hydrogen-bond donors (Lipinski definition) is 1. The third-order valence-corrected chi connectivity index (χ3v) is 6.82. The summed E-state index contributed by atoms with van der Waals surface area (Å²) >= 11 is 1.92. The number of carbonyl (C=O) groups is 2. The van der Waals surface area contributed by atoms with Crippen molar-refractivity contribution >= 4 is 23.6 Å². The Morgan fingerprint density at radius 2 is 1.93 bits per heavy atom. The molecule has 0 radical (unpaired) electrons. The molecule has 0 spiro atoms. The van der Waals surface area contributed by atoms with Gasteiger partial charge >= 0.3 is 0 Å². The third kappa shape index (κ3) is 6.12. The predicted octanol–water partition coefficient (Wildman–Crippen LogP) is 2.08. The molecule has 2 aliphatic heterocycles. The Labute approximate surface area is 178 Å². The summed E-state index contributed by atoms with van der Waals surface area (Å²) in [5.41, 5.74) is 2.21. The normalized spacial score (nSPS) is 23.3. The minimum absolute atomic E-state index is 0.0122. The number of amides is 2. The second kappa shape index (κ2) is 10.3. The molecule has 0 aliphatic carbocycles. The molecule has 0 aromatic heterocycles. The van der Waals surface area contributed by atoms with E-state index in [0.29, 0.717) is 0 Å². The van der Waals surface area contributed by atoms with E-state index < -0.39 is 0 Å². The van der Waals surface area contributed by atoms with Gasteiger partial charge in [0.2, 0.25) is 5.91 Å². The Kier molecular flexibility index (Phi) is 7.84. The fraction of sp³-hybridized carbons (Fsp3) is 0.636. The van der Waals surface area contributed by atoms with E-state index in [9.17, 15) is 9.59 Å². The Balaban J connectivity index is 1.49. The quantitative estimate of drug-likeness (QED) is 0.792. The molecule has 160 valence electrons. The summed E-state index contributed by atoms with van der Waals surface area (Å²) in [5, 5.41) is 3.10. The van der Waals surface area contributed by atoms with Crippen LogP contribution in [-0.4, -0.2) is 79.0 Å². The van der Waals surface area contributed by atoms with Gasteiger partial charge in [0.15, 0.2) is 6.61 Å². The number of thioether (sulfide) groups is 1. The van der Waals surface area contributed by atoms with Crippen molar-refractivity contribution < 1.29 is 14.3 Å². The molecule has 2 atom stereocenters. The average molecular weight is 420 g/mol. The van der Waals surface area contributed by atoms with Gasteiger partial charge in [0, 0.05) is 43.7 Å². The minimum Gasteiger partial charge on any atom is -0.483 e. The van der Waals surface area contributed by atoms with E-state index in [1.165, 1.54) is 0 Å². The number of nitrogens with zero attached hydrogens (tertiary/aromatic N) is 2. The smallest absolute Gasteiger partial charge is 0.258 e. The number of carbonyl (C=O) groups excluding carboxylic acids is 2. The zero-order valence-corrected chi connectivity index (χ0v) is 18.6. The molecule has 2 saturated heterocycles. The first kappa shape index (κ1) is 22.0. The molecule has 0 unspecified atom stereocenters. The largest absolute Gasteiger partial charge is 0.483 e. The van der Waals surface area contributed by atoms with E-state index in [0.717, 1.165) is 67.4 Å². The van der Waals surface area contributed by atoms with Crippen LogP contribution in [0.4, 0.5) is 0 Å². The molecular formula is C22H33N3O3S. The van der Waals surface area contributed by atoms with Gasteiger partial charge in [0.25, 0.3) is 5.91 Å². The highest BCUT2D eigenvalue weighted by Gasteiger charge is 2.30. The number of ether oxygens (including phenoxy) is 1. The van der Waals surface area contributed by atoms with Gasteiger partial charge in [-0.25, -0.2) is 0 Å². The molecule has 2 fully saturated rings. The van der Waals surface area contributed by atoms with Crippen molar-refractivity contribution in [2.24, 2.45) is 5.92 Å². The Hall–Kier alpha value is -1.73. The van der Waals surface area contributed by atoms with Gasteiger partial charge < -0.3 is 19.9 Å². The zero-order valence-electron chi connectivity index (χ0n) is 17.8. The van der Waals surface area contributed by atoms with Crippen molar-refractivity contribution in [2.45, 2.75) is 32.7 Å². The highest BCUT2D eigenvalue weighted by molar-refractivity contribution is 7.99. The number of likely N-dealkylation sites (N-methyl/N-ethyl adjacent to an activating group) is 1. The summed E-state index contributed by atoms with van der Waals surface area (Å²) in [5.74, 6) is 3.02. The highest BCUT2D eigenvalue weighted by Crippen LogP contribution is 2.22. The lowest BCUT2D eigenvalue weighted by Gasteiger charge is -2.30. The molecule has 2 amide bonds. The summed E-state index contributed by atoms with van der Waals surface area (Å²) in [6, 6.07) is 5.91. The fourth-order valence-corrected chi connectivity index (χ4v) is 4.97. The molecule has 0 saturated carbocycles. The van der Waals surface area contributed by atoms with E-state index >= 15 is 0 Å². The summed E-state index contributed by atoms with van der Waals surface area (Å²) in [7, 11) is 2.03. The van der Waals surface area contributed by atoms with E-state index in [1.54, 1.807) is 0 Å². The van der Waals surface area contributed by atoms with Crippen molar-refractivity contribution in [3.05, 3.63) is 29.3 Å². The average Bonchev–Trinajstić information content (AvgIpc) is 2.90. The Bertz CT molecular complexity index is 721. The van der Waals surface area contributed by atoms with Crippen molar-refractivity contribution in [3.63, 3.8) is 0 Å². The second-order valence-corrected chi connectivity index (χ2v) is 9.41. The zero-order chi connectivity index (χ0) is 20.8. The van der Waals surface area contributed by atoms with Crippen LogP contribution < -0.4 is 10.1 Å². The predicted molar refractivity (Wildman–Crippen MR) is 117 cm³/mol. The van der Waals surface area contributed by atoms with Crippen molar-refractivity contribution in [2.75, 3.05) is 51.3 Å². The first-order chi connectivity index (χ1) is 13.9. The maximum atomic E-state index is 12.9. The topological polar surface area (TPSA) is 61.9 Å². The first-order valence-electron chi connectivity index (χ1n) is 10.5. The second-order valence-electron chi connectivity index (χ2n) is 8.18. The minimum atomic E-state index is -0.109. The summed E-state index contributed by atoms with van der Waals surface area (Å²) < 4.78 is 5.73. The van der Waals surface area contributed by atoms with Crippen LogP contribution >= 0.6 is 11.8 Å². The van der Waals surface area contributed by atoms with Crippen LogP contribution in [0, 0.1) is 19.8 Å². The van der Waals surface area contributed by atoms with E-state index in [1.807, 2.05) is 55.8 Å². The molecule has 2 heterocycles. The van der Waals surface area contributed by atoms with Gasteiger partial charge in [-0.15, -0.1) is 0 Å². The summed E-state index contributed by atoms with van der Waals surface area (Å²) in [6.07, 6.45) is 1.63. The van der Waals surface area contributed by atoms with E-state index in [2.05, 4.69) is 10.2 Å². The van der Waals surface area contributed by atoms with Crippen LogP contribution in [0.15, 0.2) is 18.2 Å². The third-order valence-electron chi connectivity index (χ3n) is 5.88. The molecule has 1 N–H and O–H groups in total.